The Morgan fingerprint density at radius 3 is 2.41 bits per heavy atom. The molecule has 5 nitrogen and oxygen atoms in total. The van der Waals surface area contributed by atoms with Gasteiger partial charge in [0.25, 0.3) is 0 Å². The minimum absolute atomic E-state index is 0.00777. The van der Waals surface area contributed by atoms with E-state index in [4.69, 9.17) is 28.3 Å². The summed E-state index contributed by atoms with van der Waals surface area (Å²) in [6.07, 6.45) is -2.90. The van der Waals surface area contributed by atoms with E-state index in [1.165, 1.54) is 6.07 Å². The van der Waals surface area contributed by atoms with E-state index in [1.807, 2.05) is 30.3 Å². The van der Waals surface area contributed by atoms with Crippen LogP contribution >= 0.6 is 23.2 Å². The van der Waals surface area contributed by atoms with E-state index in [0.717, 1.165) is 11.8 Å². The lowest BCUT2D eigenvalue weighted by Gasteiger charge is -2.27. The quantitative estimate of drug-likeness (QED) is 0.347. The molecule has 0 bridgehead atoms. The predicted octanol–water partition coefficient (Wildman–Crippen LogP) is 6.32. The summed E-state index contributed by atoms with van der Waals surface area (Å²) < 4.78 is 41.4. The maximum absolute atomic E-state index is 13.8. The van der Waals surface area contributed by atoms with Crippen LogP contribution in [0.3, 0.4) is 0 Å². The number of aliphatic hydroxyl groups excluding tert-OH is 1. The molecule has 32 heavy (non-hydrogen) atoms. The molecule has 0 unspecified atom stereocenters. The Balaban J connectivity index is 1.99. The van der Waals surface area contributed by atoms with E-state index < -0.39 is 11.7 Å². The van der Waals surface area contributed by atoms with Crippen LogP contribution in [0.5, 0.6) is 0 Å². The number of benzene rings is 2. The lowest BCUT2D eigenvalue weighted by molar-refractivity contribution is -0.137. The van der Waals surface area contributed by atoms with Gasteiger partial charge in [-0.3, -0.25) is 0 Å². The number of hydrogen-bond donors (Lipinski definition) is 2. The topological polar surface area (TPSA) is 61.3 Å². The van der Waals surface area contributed by atoms with Crippen molar-refractivity contribution in [3.8, 4) is 0 Å². The summed E-state index contributed by atoms with van der Waals surface area (Å²) in [5, 5.41) is 12.6. The van der Waals surface area contributed by atoms with Gasteiger partial charge in [-0.15, -0.1) is 0 Å². The van der Waals surface area contributed by atoms with Gasteiger partial charge in [-0.2, -0.15) is 18.2 Å². The molecule has 0 aliphatic carbocycles. The summed E-state index contributed by atoms with van der Waals surface area (Å²) in [4.78, 5) is 9.61. The zero-order valence-electron chi connectivity index (χ0n) is 16.9. The molecule has 0 amide bonds. The number of unbranched alkanes of at least 4 members (excludes halogenated alkanes) is 1. The van der Waals surface area contributed by atoms with Gasteiger partial charge in [-0.25, -0.2) is 4.98 Å². The fourth-order valence-electron chi connectivity index (χ4n) is 3.06. The Labute approximate surface area is 193 Å². The van der Waals surface area contributed by atoms with Gasteiger partial charge in [0.15, 0.2) is 0 Å². The SMILES string of the molecule is OCCCCN(Cc1ccccc1)c1nc(Nc2ccc(Cl)c(Cl)c2)ncc1C(F)(F)F. The van der Waals surface area contributed by atoms with E-state index in [2.05, 4.69) is 15.3 Å². The van der Waals surface area contributed by atoms with Gasteiger partial charge in [0.2, 0.25) is 5.95 Å². The molecule has 0 saturated carbocycles. The average molecular weight is 485 g/mol. The number of anilines is 3. The van der Waals surface area contributed by atoms with Crippen molar-refractivity contribution < 1.29 is 18.3 Å². The highest BCUT2D eigenvalue weighted by atomic mass is 35.5. The number of alkyl halides is 3. The first-order valence-corrected chi connectivity index (χ1v) is 10.6. The predicted molar refractivity (Wildman–Crippen MR) is 121 cm³/mol. The summed E-state index contributed by atoms with van der Waals surface area (Å²) >= 11 is 11.9. The van der Waals surface area contributed by atoms with Crippen molar-refractivity contribution in [3.05, 3.63) is 75.9 Å². The van der Waals surface area contributed by atoms with Crippen LogP contribution in [0.4, 0.5) is 30.6 Å². The second-order valence-corrected chi connectivity index (χ2v) is 7.83. The highest BCUT2D eigenvalue weighted by Gasteiger charge is 2.37. The molecule has 0 atom stereocenters. The van der Waals surface area contributed by atoms with Crippen LogP contribution < -0.4 is 10.2 Å². The molecule has 2 aromatic carbocycles. The molecule has 0 aliphatic rings. The van der Waals surface area contributed by atoms with Crippen LogP contribution in [0.1, 0.15) is 24.0 Å². The Hall–Kier alpha value is -2.55. The summed E-state index contributed by atoms with van der Waals surface area (Å²) in [5.74, 6) is -0.247. The van der Waals surface area contributed by atoms with Crippen molar-refractivity contribution in [1.82, 2.24) is 9.97 Å². The number of nitrogens with one attached hydrogen (secondary N) is 1. The van der Waals surface area contributed by atoms with Crippen molar-refractivity contribution >= 4 is 40.7 Å². The third-order valence-electron chi connectivity index (χ3n) is 4.60. The Bertz CT molecular complexity index is 1040. The summed E-state index contributed by atoms with van der Waals surface area (Å²) in [6.45, 7) is 0.458. The van der Waals surface area contributed by atoms with E-state index in [1.54, 1.807) is 17.0 Å². The number of nitrogens with zero attached hydrogens (tertiary/aromatic N) is 3. The van der Waals surface area contributed by atoms with Crippen LogP contribution in [-0.2, 0) is 12.7 Å². The molecule has 1 aromatic heterocycles. The van der Waals surface area contributed by atoms with Gasteiger partial charge < -0.3 is 15.3 Å². The Kier molecular flexibility index (Phi) is 8.17. The maximum atomic E-state index is 13.8. The third-order valence-corrected chi connectivity index (χ3v) is 5.34. The van der Waals surface area contributed by atoms with E-state index >= 15 is 0 Å². The first-order valence-electron chi connectivity index (χ1n) is 9.84. The van der Waals surface area contributed by atoms with E-state index in [-0.39, 0.29) is 31.5 Å². The number of aromatic nitrogens is 2. The van der Waals surface area contributed by atoms with Crippen LogP contribution in [0.25, 0.3) is 0 Å². The van der Waals surface area contributed by atoms with Crippen molar-refractivity contribution in [2.75, 3.05) is 23.4 Å². The van der Waals surface area contributed by atoms with Gasteiger partial charge in [0.05, 0.1) is 10.0 Å². The maximum Gasteiger partial charge on any atom is 0.421 e. The fourth-order valence-corrected chi connectivity index (χ4v) is 3.35. The minimum Gasteiger partial charge on any atom is -0.396 e. The lowest BCUT2D eigenvalue weighted by atomic mass is 10.1. The van der Waals surface area contributed by atoms with Crippen molar-refractivity contribution in [2.45, 2.75) is 25.6 Å². The smallest absolute Gasteiger partial charge is 0.396 e. The van der Waals surface area contributed by atoms with E-state index in [0.29, 0.717) is 28.6 Å². The standard InChI is InChI=1S/C22H21Cl2F3N4O/c23-18-9-8-16(12-19(18)24)29-21-28-13-17(22(25,26)27)20(30-21)31(10-4-5-11-32)14-15-6-2-1-3-7-15/h1-3,6-9,12-13,32H,4-5,10-11,14H2,(H,28,29,30). The lowest BCUT2D eigenvalue weighted by Crippen LogP contribution is -2.28. The molecule has 10 heteroatoms. The third kappa shape index (κ3) is 6.48. The Morgan fingerprint density at radius 1 is 1.00 bits per heavy atom. The number of aliphatic hydroxyl groups is 1. The molecule has 1 heterocycles. The zero-order chi connectivity index (χ0) is 23.1. The van der Waals surface area contributed by atoms with Gasteiger partial charge >= 0.3 is 6.18 Å². The number of rotatable bonds is 9. The fraction of sp³-hybridized carbons (Fsp3) is 0.273. The van der Waals surface area contributed by atoms with Crippen molar-refractivity contribution in [3.63, 3.8) is 0 Å². The first kappa shape index (κ1) is 24.1. The molecule has 0 aliphatic heterocycles. The molecule has 3 aromatic rings. The second kappa shape index (κ2) is 10.8. The Morgan fingerprint density at radius 2 is 1.75 bits per heavy atom. The molecular formula is C22H21Cl2F3N4O. The first-order chi connectivity index (χ1) is 15.3. The summed E-state index contributed by atoms with van der Waals surface area (Å²) in [5.41, 5.74) is 0.388. The monoisotopic (exact) mass is 484 g/mol. The molecule has 0 fully saturated rings. The summed E-state index contributed by atoms with van der Waals surface area (Å²) in [6, 6.07) is 13.9. The van der Waals surface area contributed by atoms with Crippen molar-refractivity contribution in [2.24, 2.45) is 0 Å². The molecule has 170 valence electrons. The van der Waals surface area contributed by atoms with Crippen LogP contribution in [0, 0.1) is 0 Å². The van der Waals surface area contributed by atoms with Crippen LogP contribution in [-0.4, -0.2) is 28.2 Å². The van der Waals surface area contributed by atoms with Gasteiger partial charge in [0.1, 0.15) is 11.4 Å². The zero-order valence-corrected chi connectivity index (χ0v) is 18.4. The highest BCUT2D eigenvalue weighted by Crippen LogP contribution is 2.36. The molecule has 0 saturated heterocycles. The van der Waals surface area contributed by atoms with Crippen LogP contribution in [0.15, 0.2) is 54.7 Å². The van der Waals surface area contributed by atoms with Crippen LogP contribution in [0.2, 0.25) is 10.0 Å². The molecule has 0 radical (unpaired) electrons. The molecule has 2 N–H and O–H groups in total. The van der Waals surface area contributed by atoms with Gasteiger partial charge in [0, 0.05) is 31.6 Å². The number of halogens is 5. The van der Waals surface area contributed by atoms with Gasteiger partial charge in [-0.05, 0) is 36.6 Å². The number of hydrogen-bond acceptors (Lipinski definition) is 5. The minimum atomic E-state index is -4.64. The normalized spacial score (nSPS) is 11.4. The average Bonchev–Trinajstić information content (AvgIpc) is 2.76. The van der Waals surface area contributed by atoms with Gasteiger partial charge in [-0.1, -0.05) is 53.5 Å². The molecule has 0 spiro atoms. The van der Waals surface area contributed by atoms with Crippen molar-refractivity contribution in [1.29, 1.82) is 0 Å². The summed E-state index contributed by atoms with van der Waals surface area (Å²) in [7, 11) is 0. The highest BCUT2D eigenvalue weighted by molar-refractivity contribution is 6.42. The molecular weight excluding hydrogens is 464 g/mol. The van der Waals surface area contributed by atoms with E-state index in [9.17, 15) is 13.2 Å². The largest absolute Gasteiger partial charge is 0.421 e. The second-order valence-electron chi connectivity index (χ2n) is 7.02. The molecule has 3 rings (SSSR count).